The van der Waals surface area contributed by atoms with Crippen LogP contribution < -0.4 is 5.32 Å². The van der Waals surface area contributed by atoms with Crippen LogP contribution in [-0.2, 0) is 11.3 Å². The molecule has 1 heterocycles. The van der Waals surface area contributed by atoms with E-state index in [1.54, 1.807) is 6.26 Å². The Morgan fingerprint density at radius 3 is 2.90 bits per heavy atom. The molecule has 0 aliphatic heterocycles. The summed E-state index contributed by atoms with van der Waals surface area (Å²) in [6.45, 7) is 7.57. The molecule has 3 atom stereocenters. The molecule has 1 aromatic heterocycles. The number of rotatable bonds is 5. The monoisotopic (exact) mass is 293 g/mol. The minimum Gasteiger partial charge on any atom is -0.463 e. The summed E-state index contributed by atoms with van der Waals surface area (Å²) in [6, 6.07) is 2.35. The summed E-state index contributed by atoms with van der Waals surface area (Å²) in [5.41, 5.74) is 0.877. The highest BCUT2D eigenvalue weighted by Crippen LogP contribution is 2.33. The average molecular weight is 293 g/mol. The Labute approximate surface area is 127 Å². The zero-order valence-corrected chi connectivity index (χ0v) is 13.5. The first-order valence-corrected chi connectivity index (χ1v) is 7.91. The summed E-state index contributed by atoms with van der Waals surface area (Å²) in [5.74, 6) is 2.06. The van der Waals surface area contributed by atoms with E-state index in [1.165, 1.54) is 26.4 Å². The molecule has 1 fully saturated rings. The van der Waals surface area contributed by atoms with Crippen molar-refractivity contribution in [1.29, 1.82) is 0 Å². The van der Waals surface area contributed by atoms with Gasteiger partial charge in [0, 0.05) is 18.2 Å². The van der Waals surface area contributed by atoms with E-state index in [1.807, 2.05) is 6.07 Å². The smallest absolute Gasteiger partial charge is 0.374 e. The Hall–Kier alpha value is -1.29. The van der Waals surface area contributed by atoms with Crippen molar-refractivity contribution in [1.82, 2.24) is 5.32 Å². The number of hydrogen-bond donors (Lipinski definition) is 1. The van der Waals surface area contributed by atoms with Crippen molar-refractivity contribution in [2.75, 3.05) is 7.11 Å². The van der Waals surface area contributed by atoms with E-state index in [-0.39, 0.29) is 0 Å². The largest absolute Gasteiger partial charge is 0.463 e. The van der Waals surface area contributed by atoms with Gasteiger partial charge in [-0.1, -0.05) is 27.2 Å². The van der Waals surface area contributed by atoms with E-state index >= 15 is 0 Å². The summed E-state index contributed by atoms with van der Waals surface area (Å²) in [7, 11) is 1.37. The second-order valence-electron chi connectivity index (χ2n) is 6.58. The van der Waals surface area contributed by atoms with Gasteiger partial charge in [0.05, 0.1) is 13.4 Å². The van der Waals surface area contributed by atoms with Crippen LogP contribution in [0.25, 0.3) is 0 Å². The lowest BCUT2D eigenvalue weighted by molar-refractivity contribution is 0.0562. The number of nitrogens with one attached hydrogen (secondary N) is 1. The van der Waals surface area contributed by atoms with Gasteiger partial charge >= 0.3 is 5.97 Å². The number of furan rings is 1. The van der Waals surface area contributed by atoms with Crippen molar-refractivity contribution in [2.45, 2.75) is 52.6 Å². The van der Waals surface area contributed by atoms with Gasteiger partial charge in [-0.25, -0.2) is 4.79 Å². The quantitative estimate of drug-likeness (QED) is 0.842. The molecule has 0 saturated heterocycles. The van der Waals surface area contributed by atoms with Crippen LogP contribution in [-0.4, -0.2) is 19.1 Å². The Kier molecular flexibility index (Phi) is 5.45. The van der Waals surface area contributed by atoms with Crippen LogP contribution in [0, 0.1) is 17.8 Å². The maximum absolute atomic E-state index is 11.6. The van der Waals surface area contributed by atoms with Gasteiger partial charge in [0.1, 0.15) is 0 Å². The lowest BCUT2D eigenvalue weighted by Gasteiger charge is -2.38. The molecule has 1 aliphatic rings. The number of hydrogen-bond acceptors (Lipinski definition) is 4. The van der Waals surface area contributed by atoms with Gasteiger partial charge in [0.15, 0.2) is 0 Å². The molecule has 21 heavy (non-hydrogen) atoms. The second-order valence-corrected chi connectivity index (χ2v) is 6.58. The number of methoxy groups -OCH3 is 1. The molecule has 4 nitrogen and oxygen atoms in total. The lowest BCUT2D eigenvalue weighted by atomic mass is 9.74. The van der Waals surface area contributed by atoms with Gasteiger partial charge in [-0.15, -0.1) is 0 Å². The van der Waals surface area contributed by atoms with Crippen LogP contribution in [0.1, 0.15) is 56.2 Å². The van der Waals surface area contributed by atoms with Gasteiger partial charge in [-0.3, -0.25) is 0 Å². The highest BCUT2D eigenvalue weighted by atomic mass is 16.5. The fraction of sp³-hybridized carbons (Fsp3) is 0.706. The molecule has 0 amide bonds. The third kappa shape index (κ3) is 3.88. The SMILES string of the molecule is COC(=O)c1occc1CNC1CC(C)CCC1C(C)C. The van der Waals surface area contributed by atoms with Gasteiger partial charge in [0.2, 0.25) is 5.76 Å². The van der Waals surface area contributed by atoms with Crippen molar-refractivity contribution in [3.05, 3.63) is 23.7 Å². The third-order valence-electron chi connectivity index (χ3n) is 4.69. The highest BCUT2D eigenvalue weighted by Gasteiger charge is 2.30. The zero-order valence-electron chi connectivity index (χ0n) is 13.5. The van der Waals surface area contributed by atoms with E-state index in [0.717, 1.165) is 11.5 Å². The maximum Gasteiger partial charge on any atom is 0.374 e. The average Bonchev–Trinajstić information content (AvgIpc) is 2.92. The van der Waals surface area contributed by atoms with E-state index in [4.69, 9.17) is 9.15 Å². The minimum atomic E-state index is -0.408. The van der Waals surface area contributed by atoms with Crippen molar-refractivity contribution in [3.8, 4) is 0 Å². The highest BCUT2D eigenvalue weighted by molar-refractivity contribution is 5.87. The van der Waals surface area contributed by atoms with Crippen LogP contribution in [0.2, 0.25) is 0 Å². The molecule has 3 unspecified atom stereocenters. The Morgan fingerprint density at radius 1 is 1.48 bits per heavy atom. The van der Waals surface area contributed by atoms with E-state index in [2.05, 4.69) is 26.1 Å². The van der Waals surface area contributed by atoms with E-state index < -0.39 is 5.97 Å². The molecular formula is C17H27NO3. The van der Waals surface area contributed by atoms with Crippen LogP contribution in [0.4, 0.5) is 0 Å². The predicted octanol–water partition coefficient (Wildman–Crippen LogP) is 3.62. The summed E-state index contributed by atoms with van der Waals surface area (Å²) in [6.07, 6.45) is 5.35. The maximum atomic E-state index is 11.6. The predicted molar refractivity (Wildman–Crippen MR) is 82.0 cm³/mol. The number of ether oxygens (including phenoxy) is 1. The Bertz CT molecular complexity index is 466. The van der Waals surface area contributed by atoms with Crippen molar-refractivity contribution in [3.63, 3.8) is 0 Å². The molecule has 0 bridgehead atoms. The fourth-order valence-electron chi connectivity index (χ4n) is 3.42. The summed E-state index contributed by atoms with van der Waals surface area (Å²) >= 11 is 0. The molecule has 118 valence electrons. The van der Waals surface area contributed by atoms with E-state index in [0.29, 0.717) is 30.2 Å². The molecule has 4 heteroatoms. The molecule has 0 aromatic carbocycles. The van der Waals surface area contributed by atoms with Crippen molar-refractivity contribution in [2.24, 2.45) is 17.8 Å². The summed E-state index contributed by atoms with van der Waals surface area (Å²) in [4.78, 5) is 11.6. The standard InChI is InChI=1S/C17H27NO3/c1-11(2)14-6-5-12(3)9-15(14)18-10-13-7-8-21-16(13)17(19)20-4/h7-8,11-12,14-15,18H,5-6,9-10H2,1-4H3. The second kappa shape index (κ2) is 7.12. The first kappa shape index (κ1) is 16.1. The van der Waals surface area contributed by atoms with Crippen LogP contribution in [0.5, 0.6) is 0 Å². The zero-order chi connectivity index (χ0) is 15.4. The molecule has 0 radical (unpaired) electrons. The van der Waals surface area contributed by atoms with Crippen molar-refractivity contribution >= 4 is 5.97 Å². The molecule has 1 N–H and O–H groups in total. The van der Waals surface area contributed by atoms with Crippen LogP contribution >= 0.6 is 0 Å². The molecule has 1 saturated carbocycles. The first-order chi connectivity index (χ1) is 10.0. The normalized spacial score (nSPS) is 26.0. The number of carbonyl (C=O) groups excluding carboxylic acids is 1. The van der Waals surface area contributed by atoms with Gasteiger partial charge in [-0.05, 0) is 36.7 Å². The molecule has 0 spiro atoms. The topological polar surface area (TPSA) is 51.5 Å². The van der Waals surface area contributed by atoms with Gasteiger partial charge in [-0.2, -0.15) is 0 Å². The third-order valence-corrected chi connectivity index (χ3v) is 4.69. The number of carbonyl (C=O) groups is 1. The molecule has 2 rings (SSSR count). The Morgan fingerprint density at radius 2 is 2.24 bits per heavy atom. The molecular weight excluding hydrogens is 266 g/mol. The fourth-order valence-corrected chi connectivity index (χ4v) is 3.42. The first-order valence-electron chi connectivity index (χ1n) is 7.91. The molecule has 1 aliphatic carbocycles. The summed E-state index contributed by atoms with van der Waals surface area (Å²) in [5, 5.41) is 3.64. The minimum absolute atomic E-state index is 0.315. The summed E-state index contributed by atoms with van der Waals surface area (Å²) < 4.78 is 9.98. The number of esters is 1. The van der Waals surface area contributed by atoms with Gasteiger partial charge in [0.25, 0.3) is 0 Å². The van der Waals surface area contributed by atoms with Gasteiger partial charge < -0.3 is 14.5 Å². The van der Waals surface area contributed by atoms with Crippen LogP contribution in [0.3, 0.4) is 0 Å². The lowest BCUT2D eigenvalue weighted by Crippen LogP contribution is -2.42. The molecule has 1 aromatic rings. The van der Waals surface area contributed by atoms with Crippen molar-refractivity contribution < 1.29 is 13.9 Å². The Balaban J connectivity index is 2.00. The van der Waals surface area contributed by atoms with E-state index in [9.17, 15) is 4.79 Å². The van der Waals surface area contributed by atoms with Crippen LogP contribution in [0.15, 0.2) is 16.7 Å².